The quantitative estimate of drug-likeness (QED) is 0.736. The SMILES string of the molecule is Cc1cc(NC(=O)C2CC2)ncn1. The molecule has 0 radical (unpaired) electrons. The first-order valence-electron chi connectivity index (χ1n) is 4.35. The van der Waals surface area contributed by atoms with Crippen LogP contribution in [0.1, 0.15) is 18.5 Å². The average Bonchev–Trinajstić information content (AvgIpc) is 2.85. The van der Waals surface area contributed by atoms with Gasteiger partial charge in [-0.2, -0.15) is 0 Å². The van der Waals surface area contributed by atoms with Gasteiger partial charge in [0.25, 0.3) is 0 Å². The van der Waals surface area contributed by atoms with Crippen molar-refractivity contribution in [2.75, 3.05) is 5.32 Å². The Bertz CT molecular complexity index is 333. The van der Waals surface area contributed by atoms with Crippen LogP contribution in [0.5, 0.6) is 0 Å². The summed E-state index contributed by atoms with van der Waals surface area (Å²) in [6, 6.07) is 1.76. The van der Waals surface area contributed by atoms with Crippen molar-refractivity contribution in [2.45, 2.75) is 19.8 Å². The minimum absolute atomic E-state index is 0.0816. The fraction of sp³-hybridized carbons (Fsp3) is 0.444. The van der Waals surface area contributed by atoms with E-state index in [2.05, 4.69) is 15.3 Å². The molecule has 0 aliphatic heterocycles. The van der Waals surface area contributed by atoms with E-state index in [1.807, 2.05) is 6.92 Å². The zero-order valence-corrected chi connectivity index (χ0v) is 7.45. The topological polar surface area (TPSA) is 54.9 Å². The molecule has 0 aromatic carbocycles. The van der Waals surface area contributed by atoms with Gasteiger partial charge in [-0.1, -0.05) is 0 Å². The second-order valence-corrected chi connectivity index (χ2v) is 3.31. The number of carbonyl (C=O) groups is 1. The summed E-state index contributed by atoms with van der Waals surface area (Å²) < 4.78 is 0. The third-order valence-electron chi connectivity index (χ3n) is 2.00. The molecule has 1 heterocycles. The molecule has 1 fully saturated rings. The Kier molecular flexibility index (Phi) is 1.96. The smallest absolute Gasteiger partial charge is 0.228 e. The Labute approximate surface area is 76.4 Å². The standard InChI is InChI=1S/C9H11N3O/c1-6-4-8(11-5-10-6)12-9(13)7-2-3-7/h4-5,7H,2-3H2,1H3,(H,10,11,12,13). The van der Waals surface area contributed by atoms with Crippen LogP contribution in [-0.4, -0.2) is 15.9 Å². The van der Waals surface area contributed by atoms with Crippen LogP contribution < -0.4 is 5.32 Å². The number of amides is 1. The van der Waals surface area contributed by atoms with Crippen molar-refractivity contribution in [1.29, 1.82) is 0 Å². The van der Waals surface area contributed by atoms with E-state index in [9.17, 15) is 4.79 Å². The molecule has 13 heavy (non-hydrogen) atoms. The van der Waals surface area contributed by atoms with Crippen molar-refractivity contribution >= 4 is 11.7 Å². The van der Waals surface area contributed by atoms with E-state index in [0.29, 0.717) is 5.82 Å². The Morgan fingerprint density at radius 2 is 2.31 bits per heavy atom. The van der Waals surface area contributed by atoms with Gasteiger partial charge in [-0.3, -0.25) is 4.79 Å². The van der Waals surface area contributed by atoms with Crippen molar-refractivity contribution in [2.24, 2.45) is 5.92 Å². The molecule has 68 valence electrons. The van der Waals surface area contributed by atoms with E-state index >= 15 is 0 Å². The zero-order chi connectivity index (χ0) is 9.26. The lowest BCUT2D eigenvalue weighted by Gasteiger charge is -2.02. The normalized spacial score (nSPS) is 15.5. The Balaban J connectivity index is 2.04. The van der Waals surface area contributed by atoms with Crippen molar-refractivity contribution in [3.8, 4) is 0 Å². The average molecular weight is 177 g/mol. The number of aromatic nitrogens is 2. The molecule has 1 aromatic rings. The molecule has 2 rings (SSSR count). The summed E-state index contributed by atoms with van der Waals surface area (Å²) in [6.45, 7) is 1.87. The lowest BCUT2D eigenvalue weighted by Crippen LogP contribution is -2.14. The van der Waals surface area contributed by atoms with Gasteiger partial charge >= 0.3 is 0 Å². The van der Waals surface area contributed by atoms with Gasteiger partial charge in [0.15, 0.2) is 0 Å². The first-order valence-corrected chi connectivity index (χ1v) is 4.35. The van der Waals surface area contributed by atoms with Crippen molar-refractivity contribution in [3.63, 3.8) is 0 Å². The maximum absolute atomic E-state index is 11.3. The van der Waals surface area contributed by atoms with Crippen LogP contribution in [0, 0.1) is 12.8 Å². The van der Waals surface area contributed by atoms with Gasteiger partial charge in [0, 0.05) is 17.7 Å². The minimum atomic E-state index is 0.0816. The lowest BCUT2D eigenvalue weighted by molar-refractivity contribution is -0.117. The molecule has 1 N–H and O–H groups in total. The van der Waals surface area contributed by atoms with Crippen molar-refractivity contribution < 1.29 is 4.79 Å². The molecule has 4 heteroatoms. The van der Waals surface area contributed by atoms with E-state index in [1.54, 1.807) is 6.07 Å². The Morgan fingerprint density at radius 3 is 2.92 bits per heavy atom. The maximum Gasteiger partial charge on any atom is 0.228 e. The monoisotopic (exact) mass is 177 g/mol. The summed E-state index contributed by atoms with van der Waals surface area (Å²) in [7, 11) is 0. The number of nitrogens with one attached hydrogen (secondary N) is 1. The van der Waals surface area contributed by atoms with Gasteiger partial charge in [0.05, 0.1) is 0 Å². The largest absolute Gasteiger partial charge is 0.310 e. The van der Waals surface area contributed by atoms with Crippen LogP contribution in [0.15, 0.2) is 12.4 Å². The summed E-state index contributed by atoms with van der Waals surface area (Å²) >= 11 is 0. The Hall–Kier alpha value is -1.45. The van der Waals surface area contributed by atoms with Crippen LogP contribution in [0.3, 0.4) is 0 Å². The molecular weight excluding hydrogens is 166 g/mol. The number of hydrogen-bond donors (Lipinski definition) is 1. The van der Waals surface area contributed by atoms with Crippen LogP contribution in [0.4, 0.5) is 5.82 Å². The number of nitrogens with zero attached hydrogens (tertiary/aromatic N) is 2. The van der Waals surface area contributed by atoms with Crippen LogP contribution in [0.2, 0.25) is 0 Å². The lowest BCUT2D eigenvalue weighted by atomic mass is 10.4. The fourth-order valence-corrected chi connectivity index (χ4v) is 1.10. The number of carbonyl (C=O) groups excluding carboxylic acids is 1. The summed E-state index contributed by atoms with van der Waals surface area (Å²) in [5.74, 6) is 0.901. The number of rotatable bonds is 2. The molecular formula is C9H11N3O. The third-order valence-corrected chi connectivity index (χ3v) is 2.00. The highest BCUT2D eigenvalue weighted by Crippen LogP contribution is 2.29. The van der Waals surface area contributed by atoms with Gasteiger partial charge < -0.3 is 5.32 Å². The Morgan fingerprint density at radius 1 is 1.54 bits per heavy atom. The molecule has 0 spiro atoms. The second-order valence-electron chi connectivity index (χ2n) is 3.31. The molecule has 1 aromatic heterocycles. The molecule has 1 saturated carbocycles. The van der Waals surface area contributed by atoms with Gasteiger partial charge in [0.1, 0.15) is 12.1 Å². The molecule has 0 unspecified atom stereocenters. The third kappa shape index (κ3) is 2.02. The van der Waals surface area contributed by atoms with Gasteiger partial charge in [-0.15, -0.1) is 0 Å². The van der Waals surface area contributed by atoms with Crippen LogP contribution >= 0.6 is 0 Å². The molecule has 0 saturated heterocycles. The van der Waals surface area contributed by atoms with Gasteiger partial charge in [0.2, 0.25) is 5.91 Å². The predicted molar refractivity (Wildman–Crippen MR) is 48.1 cm³/mol. The minimum Gasteiger partial charge on any atom is -0.310 e. The maximum atomic E-state index is 11.3. The number of anilines is 1. The highest BCUT2D eigenvalue weighted by Gasteiger charge is 2.29. The first-order chi connectivity index (χ1) is 6.25. The van der Waals surface area contributed by atoms with E-state index < -0.39 is 0 Å². The molecule has 0 bridgehead atoms. The zero-order valence-electron chi connectivity index (χ0n) is 7.45. The predicted octanol–water partition coefficient (Wildman–Crippen LogP) is 1.13. The number of aryl methyl sites for hydroxylation is 1. The second kappa shape index (κ2) is 3.12. The molecule has 1 aliphatic carbocycles. The highest BCUT2D eigenvalue weighted by molar-refractivity contribution is 5.93. The van der Waals surface area contributed by atoms with Crippen molar-refractivity contribution in [3.05, 3.63) is 18.1 Å². The van der Waals surface area contributed by atoms with Gasteiger partial charge in [-0.25, -0.2) is 9.97 Å². The van der Waals surface area contributed by atoms with E-state index in [-0.39, 0.29) is 11.8 Å². The van der Waals surface area contributed by atoms with Crippen molar-refractivity contribution in [1.82, 2.24) is 9.97 Å². The summed E-state index contributed by atoms with van der Waals surface area (Å²) in [5.41, 5.74) is 0.862. The summed E-state index contributed by atoms with van der Waals surface area (Å²) in [6.07, 6.45) is 3.48. The fourth-order valence-electron chi connectivity index (χ4n) is 1.10. The molecule has 4 nitrogen and oxygen atoms in total. The summed E-state index contributed by atoms with van der Waals surface area (Å²) in [4.78, 5) is 19.2. The first kappa shape index (κ1) is 8.16. The highest BCUT2D eigenvalue weighted by atomic mass is 16.2. The number of hydrogen-bond acceptors (Lipinski definition) is 3. The van der Waals surface area contributed by atoms with E-state index in [4.69, 9.17) is 0 Å². The molecule has 0 atom stereocenters. The summed E-state index contributed by atoms with van der Waals surface area (Å²) in [5, 5.41) is 2.75. The van der Waals surface area contributed by atoms with Gasteiger partial charge in [-0.05, 0) is 19.8 Å². The molecule has 1 aliphatic rings. The van der Waals surface area contributed by atoms with E-state index in [0.717, 1.165) is 18.5 Å². The van der Waals surface area contributed by atoms with E-state index in [1.165, 1.54) is 6.33 Å². The van der Waals surface area contributed by atoms with Crippen LogP contribution in [-0.2, 0) is 4.79 Å². The molecule has 1 amide bonds. The van der Waals surface area contributed by atoms with Crippen LogP contribution in [0.25, 0.3) is 0 Å².